The molecule has 0 unspecified atom stereocenters. The van der Waals surface area contributed by atoms with Crippen molar-refractivity contribution in [3.05, 3.63) is 64.3 Å². The van der Waals surface area contributed by atoms with Crippen LogP contribution in [-0.4, -0.2) is 44.9 Å². The second-order valence-electron chi connectivity index (χ2n) is 9.96. The number of likely N-dealkylation sites (tertiary alicyclic amines) is 1. The zero-order valence-corrected chi connectivity index (χ0v) is 21.6. The first-order valence-electron chi connectivity index (χ1n) is 11.5. The van der Waals surface area contributed by atoms with Gasteiger partial charge in [-0.15, -0.1) is 0 Å². The molecule has 2 atom stereocenters. The van der Waals surface area contributed by atoms with E-state index in [2.05, 4.69) is 38.5 Å². The molecule has 1 aromatic heterocycles. The summed E-state index contributed by atoms with van der Waals surface area (Å²) in [5.41, 5.74) is 2.59. The fourth-order valence-electron chi connectivity index (χ4n) is 4.43. The third kappa shape index (κ3) is 5.78. The van der Waals surface area contributed by atoms with Crippen molar-refractivity contribution in [2.45, 2.75) is 51.8 Å². The molecule has 1 fully saturated rings. The molecule has 2 amide bonds. The van der Waals surface area contributed by atoms with Gasteiger partial charge in [0.05, 0.1) is 11.7 Å². The van der Waals surface area contributed by atoms with Crippen LogP contribution in [0.1, 0.15) is 38.3 Å². The van der Waals surface area contributed by atoms with Gasteiger partial charge in [-0.1, -0.05) is 34.1 Å². The van der Waals surface area contributed by atoms with Crippen molar-refractivity contribution >= 4 is 38.8 Å². The predicted octanol–water partition coefficient (Wildman–Crippen LogP) is 4.82. The molecule has 1 aliphatic heterocycles. The van der Waals surface area contributed by atoms with E-state index >= 15 is 0 Å². The van der Waals surface area contributed by atoms with Crippen molar-refractivity contribution < 1.29 is 14.3 Å². The monoisotopic (exact) mass is 526 g/mol. The highest BCUT2D eigenvalue weighted by Gasteiger charge is 2.41. The largest absolute Gasteiger partial charge is 0.444 e. The summed E-state index contributed by atoms with van der Waals surface area (Å²) in [6, 6.07) is 13.6. The van der Waals surface area contributed by atoms with Gasteiger partial charge in [-0.3, -0.25) is 14.4 Å². The van der Waals surface area contributed by atoms with Gasteiger partial charge in [0.15, 0.2) is 0 Å². The summed E-state index contributed by atoms with van der Waals surface area (Å²) in [5, 5.41) is 8.33. The van der Waals surface area contributed by atoms with E-state index in [4.69, 9.17) is 4.74 Å². The van der Waals surface area contributed by atoms with Crippen LogP contribution in [0.25, 0.3) is 10.9 Å². The average Bonchev–Trinajstić information content (AvgIpc) is 3.36. The van der Waals surface area contributed by atoms with Gasteiger partial charge < -0.3 is 10.1 Å². The highest BCUT2D eigenvalue weighted by molar-refractivity contribution is 9.10. The molecule has 0 aliphatic carbocycles. The highest BCUT2D eigenvalue weighted by atomic mass is 79.9. The number of rotatable bonds is 5. The molecular weight excluding hydrogens is 496 g/mol. The van der Waals surface area contributed by atoms with Crippen LogP contribution in [0.2, 0.25) is 0 Å². The van der Waals surface area contributed by atoms with Gasteiger partial charge in [-0.25, -0.2) is 4.79 Å². The van der Waals surface area contributed by atoms with Crippen molar-refractivity contribution in [1.82, 2.24) is 20.0 Å². The molecule has 1 N–H and O–H groups in total. The van der Waals surface area contributed by atoms with E-state index in [1.54, 1.807) is 4.90 Å². The molecule has 3 aromatic rings. The van der Waals surface area contributed by atoms with E-state index < -0.39 is 17.7 Å². The molecule has 180 valence electrons. The number of fused-ring (bicyclic) bond motifs is 1. The van der Waals surface area contributed by atoms with Crippen LogP contribution in [0, 0.1) is 5.92 Å². The maximum atomic E-state index is 13.2. The lowest BCUT2D eigenvalue weighted by Crippen LogP contribution is -2.47. The second-order valence-corrected chi connectivity index (χ2v) is 10.9. The maximum absolute atomic E-state index is 13.2. The zero-order chi connectivity index (χ0) is 24.5. The summed E-state index contributed by atoms with van der Waals surface area (Å²) in [6.07, 6.45) is 2.77. The van der Waals surface area contributed by atoms with Gasteiger partial charge in [0, 0.05) is 30.0 Å². The Balaban J connectivity index is 1.46. The van der Waals surface area contributed by atoms with Crippen molar-refractivity contribution in [2.75, 3.05) is 6.54 Å². The normalized spacial score (nSPS) is 18.3. The number of nitrogens with zero attached hydrogens (tertiary/aromatic N) is 3. The molecule has 1 aliphatic rings. The first kappa shape index (κ1) is 24.3. The number of aryl methyl sites for hydroxylation is 1. The number of benzene rings is 2. The minimum Gasteiger partial charge on any atom is -0.444 e. The lowest BCUT2D eigenvalue weighted by Gasteiger charge is -2.28. The van der Waals surface area contributed by atoms with Gasteiger partial charge in [0.25, 0.3) is 0 Å². The van der Waals surface area contributed by atoms with Crippen LogP contribution in [0.4, 0.5) is 4.79 Å². The van der Waals surface area contributed by atoms with Crippen molar-refractivity contribution in [3.63, 3.8) is 0 Å². The number of amides is 2. The first-order valence-corrected chi connectivity index (χ1v) is 12.3. The van der Waals surface area contributed by atoms with Crippen LogP contribution in [0.3, 0.4) is 0 Å². The Labute approximate surface area is 208 Å². The minimum absolute atomic E-state index is 0.157. The van der Waals surface area contributed by atoms with Crippen molar-refractivity contribution in [1.29, 1.82) is 0 Å². The molecule has 2 aromatic carbocycles. The van der Waals surface area contributed by atoms with Gasteiger partial charge in [-0.2, -0.15) is 5.10 Å². The number of aromatic nitrogens is 2. The summed E-state index contributed by atoms with van der Waals surface area (Å²) in [7, 11) is 1.90. The lowest BCUT2D eigenvalue weighted by molar-refractivity contribution is -0.125. The van der Waals surface area contributed by atoms with Crippen molar-refractivity contribution in [3.8, 4) is 0 Å². The Morgan fingerprint density at radius 3 is 2.56 bits per heavy atom. The molecule has 0 saturated carbocycles. The Hall–Kier alpha value is -2.87. The zero-order valence-electron chi connectivity index (χ0n) is 20.0. The Morgan fingerprint density at radius 1 is 1.15 bits per heavy atom. The van der Waals surface area contributed by atoms with E-state index in [-0.39, 0.29) is 11.8 Å². The predicted molar refractivity (Wildman–Crippen MR) is 135 cm³/mol. The fourth-order valence-corrected chi connectivity index (χ4v) is 4.69. The van der Waals surface area contributed by atoms with Crippen LogP contribution in [0.15, 0.2) is 53.1 Å². The molecule has 7 nitrogen and oxygen atoms in total. The van der Waals surface area contributed by atoms with E-state index in [1.807, 2.05) is 69.0 Å². The molecule has 4 rings (SSSR count). The fraction of sp³-hybridized carbons (Fsp3) is 0.423. The van der Waals surface area contributed by atoms with Crippen LogP contribution < -0.4 is 5.32 Å². The number of halogens is 1. The number of hydrogen-bond donors (Lipinski definition) is 1. The van der Waals surface area contributed by atoms with Gasteiger partial charge in [-0.05, 0) is 74.9 Å². The first-order chi connectivity index (χ1) is 16.1. The van der Waals surface area contributed by atoms with E-state index in [0.717, 1.165) is 27.4 Å². The molecule has 8 heteroatoms. The highest BCUT2D eigenvalue weighted by Crippen LogP contribution is 2.29. The van der Waals surface area contributed by atoms with Gasteiger partial charge >= 0.3 is 6.09 Å². The average molecular weight is 527 g/mol. The van der Waals surface area contributed by atoms with E-state index in [0.29, 0.717) is 19.5 Å². The molecule has 0 radical (unpaired) electrons. The summed E-state index contributed by atoms with van der Waals surface area (Å²) in [6.45, 7) is 6.39. The molecule has 1 saturated heterocycles. The standard InChI is InChI=1S/C26H31BrN4O3/c1-26(2,3)34-25(33)31-16-19(11-17-5-8-21(27)9-6-17)13-23(31)24(32)28-14-18-7-10-22-20(12-18)15-29-30(22)4/h5-10,12,15,19,23H,11,13-14,16H2,1-4H3,(H,28,32)/t19-,23+/m1/s1. The second kappa shape index (κ2) is 9.78. The molecule has 34 heavy (non-hydrogen) atoms. The SMILES string of the molecule is Cn1ncc2cc(CNC(=O)[C@@H]3C[C@@H](Cc4ccc(Br)cc4)CN3C(=O)OC(C)(C)C)ccc21. The van der Waals surface area contributed by atoms with Crippen LogP contribution in [0.5, 0.6) is 0 Å². The number of ether oxygens (including phenoxy) is 1. The Kier molecular flexibility index (Phi) is 6.98. The smallest absolute Gasteiger partial charge is 0.410 e. The molecule has 0 spiro atoms. The molecular formula is C26H31BrN4O3. The topological polar surface area (TPSA) is 76.5 Å². The lowest BCUT2D eigenvalue weighted by atomic mass is 9.96. The summed E-state index contributed by atoms with van der Waals surface area (Å²) in [4.78, 5) is 27.8. The molecule has 2 heterocycles. The third-order valence-corrected chi connectivity index (χ3v) is 6.56. The van der Waals surface area contributed by atoms with Crippen LogP contribution >= 0.6 is 15.9 Å². The number of carbonyl (C=O) groups is 2. The number of carbonyl (C=O) groups excluding carboxylic acids is 2. The van der Waals surface area contributed by atoms with Crippen molar-refractivity contribution in [2.24, 2.45) is 13.0 Å². The minimum atomic E-state index is -0.624. The van der Waals surface area contributed by atoms with Crippen LogP contribution in [-0.2, 0) is 29.5 Å². The van der Waals surface area contributed by atoms with E-state index in [1.165, 1.54) is 5.56 Å². The quantitative estimate of drug-likeness (QED) is 0.516. The van der Waals surface area contributed by atoms with E-state index in [9.17, 15) is 9.59 Å². The Morgan fingerprint density at radius 2 is 1.85 bits per heavy atom. The summed E-state index contributed by atoms with van der Waals surface area (Å²) in [5.74, 6) is 0.0200. The molecule has 0 bridgehead atoms. The Bertz CT molecular complexity index is 1180. The summed E-state index contributed by atoms with van der Waals surface area (Å²) >= 11 is 3.47. The maximum Gasteiger partial charge on any atom is 0.410 e. The van der Waals surface area contributed by atoms with Gasteiger partial charge in [0.2, 0.25) is 5.91 Å². The summed E-state index contributed by atoms with van der Waals surface area (Å²) < 4.78 is 8.47. The van der Waals surface area contributed by atoms with Gasteiger partial charge in [0.1, 0.15) is 11.6 Å². The number of hydrogen-bond acceptors (Lipinski definition) is 4. The third-order valence-electron chi connectivity index (χ3n) is 6.03. The number of nitrogens with one attached hydrogen (secondary N) is 1.